The molecule has 18 heavy (non-hydrogen) atoms. The molecular formula is C15H16O2S. The lowest BCUT2D eigenvalue weighted by molar-refractivity contribution is -0.138. The highest BCUT2D eigenvalue weighted by atomic mass is 32.1. The van der Waals surface area contributed by atoms with E-state index in [1.807, 2.05) is 36.6 Å². The van der Waals surface area contributed by atoms with Crippen LogP contribution in [0.5, 0.6) is 0 Å². The van der Waals surface area contributed by atoms with E-state index in [1.165, 1.54) is 5.56 Å². The summed E-state index contributed by atoms with van der Waals surface area (Å²) in [5, 5.41) is 13.5. The summed E-state index contributed by atoms with van der Waals surface area (Å²) in [7, 11) is 0. The quantitative estimate of drug-likeness (QED) is 0.886. The van der Waals surface area contributed by atoms with Crippen LogP contribution in [0.1, 0.15) is 29.0 Å². The van der Waals surface area contributed by atoms with Gasteiger partial charge in [-0.15, -0.1) is 0 Å². The molecule has 94 valence electrons. The molecule has 0 spiro atoms. The van der Waals surface area contributed by atoms with Crippen LogP contribution in [-0.2, 0) is 11.2 Å². The molecule has 1 unspecified atom stereocenters. The van der Waals surface area contributed by atoms with Crippen molar-refractivity contribution >= 4 is 17.3 Å². The van der Waals surface area contributed by atoms with E-state index in [9.17, 15) is 9.90 Å². The lowest BCUT2D eigenvalue weighted by Crippen LogP contribution is -2.12. The molecule has 0 saturated heterocycles. The molecule has 3 heteroatoms. The van der Waals surface area contributed by atoms with Crippen molar-refractivity contribution in [2.45, 2.75) is 25.7 Å². The summed E-state index contributed by atoms with van der Waals surface area (Å²) in [6.45, 7) is 1.99. The van der Waals surface area contributed by atoms with Gasteiger partial charge in [0.25, 0.3) is 0 Å². The van der Waals surface area contributed by atoms with E-state index in [0.29, 0.717) is 6.42 Å². The van der Waals surface area contributed by atoms with E-state index in [-0.39, 0.29) is 0 Å². The zero-order chi connectivity index (χ0) is 13.0. The Morgan fingerprint density at radius 3 is 2.83 bits per heavy atom. The number of aryl methyl sites for hydroxylation is 2. The summed E-state index contributed by atoms with van der Waals surface area (Å²) in [4.78, 5) is 11.4. The molecule has 0 saturated carbocycles. The molecule has 0 amide bonds. The fourth-order valence-electron chi connectivity index (χ4n) is 2.07. The summed E-state index contributed by atoms with van der Waals surface area (Å²) >= 11 is 1.65. The molecular weight excluding hydrogens is 244 g/mol. The highest BCUT2D eigenvalue weighted by Gasteiger charge is 2.19. The van der Waals surface area contributed by atoms with Crippen molar-refractivity contribution in [1.82, 2.24) is 0 Å². The molecule has 0 aliphatic heterocycles. The predicted octanol–water partition coefficient (Wildman–Crippen LogP) is 3.86. The van der Waals surface area contributed by atoms with Gasteiger partial charge in [-0.2, -0.15) is 11.3 Å². The average Bonchev–Trinajstić information content (AvgIpc) is 2.82. The van der Waals surface area contributed by atoms with Crippen LogP contribution >= 0.6 is 11.3 Å². The van der Waals surface area contributed by atoms with Crippen molar-refractivity contribution in [2.75, 3.05) is 0 Å². The highest BCUT2D eigenvalue weighted by Crippen LogP contribution is 2.23. The smallest absolute Gasteiger partial charge is 0.310 e. The summed E-state index contributed by atoms with van der Waals surface area (Å²) in [5.74, 6) is -1.15. The maximum atomic E-state index is 11.4. The molecule has 0 aliphatic carbocycles. The fraction of sp³-hybridized carbons (Fsp3) is 0.267. The van der Waals surface area contributed by atoms with Gasteiger partial charge in [0.15, 0.2) is 0 Å². The number of aliphatic carboxylic acids is 1. The molecule has 1 heterocycles. The summed E-state index contributed by atoms with van der Waals surface area (Å²) in [5.41, 5.74) is 3.23. The average molecular weight is 260 g/mol. The van der Waals surface area contributed by atoms with Crippen molar-refractivity contribution in [3.8, 4) is 0 Å². The predicted molar refractivity (Wildman–Crippen MR) is 74.2 cm³/mol. The van der Waals surface area contributed by atoms with Crippen molar-refractivity contribution in [1.29, 1.82) is 0 Å². The van der Waals surface area contributed by atoms with Gasteiger partial charge in [0.2, 0.25) is 0 Å². The Bertz CT molecular complexity index is 517. The number of carboxylic acids is 1. The van der Waals surface area contributed by atoms with Crippen LogP contribution in [0.2, 0.25) is 0 Å². The zero-order valence-corrected chi connectivity index (χ0v) is 11.1. The van der Waals surface area contributed by atoms with Crippen molar-refractivity contribution in [3.05, 3.63) is 57.8 Å². The summed E-state index contributed by atoms with van der Waals surface area (Å²) in [6, 6.07) is 9.83. The molecule has 0 bridgehead atoms. The first-order valence-corrected chi connectivity index (χ1v) is 6.91. The summed E-state index contributed by atoms with van der Waals surface area (Å²) in [6.07, 6.45) is 1.46. The van der Waals surface area contributed by atoms with Crippen molar-refractivity contribution in [2.24, 2.45) is 0 Å². The number of hydrogen-bond acceptors (Lipinski definition) is 2. The van der Waals surface area contributed by atoms with Crippen LogP contribution in [0, 0.1) is 6.92 Å². The Labute approximate surface area is 111 Å². The van der Waals surface area contributed by atoms with Gasteiger partial charge < -0.3 is 5.11 Å². The van der Waals surface area contributed by atoms with Gasteiger partial charge in [-0.05, 0) is 47.7 Å². The first-order valence-electron chi connectivity index (χ1n) is 5.97. The van der Waals surface area contributed by atoms with E-state index in [2.05, 4.69) is 11.4 Å². The number of thiophene rings is 1. The lowest BCUT2D eigenvalue weighted by Gasteiger charge is -2.12. The Morgan fingerprint density at radius 2 is 2.22 bits per heavy atom. The van der Waals surface area contributed by atoms with E-state index >= 15 is 0 Å². The van der Waals surface area contributed by atoms with E-state index in [0.717, 1.165) is 17.5 Å². The number of carbonyl (C=O) groups is 1. The van der Waals surface area contributed by atoms with Gasteiger partial charge in [-0.1, -0.05) is 29.8 Å². The number of rotatable bonds is 5. The third-order valence-corrected chi connectivity index (χ3v) is 3.78. The summed E-state index contributed by atoms with van der Waals surface area (Å²) < 4.78 is 0. The number of hydrogen-bond donors (Lipinski definition) is 1. The standard InChI is InChI=1S/C15H16O2S/c1-11-3-2-4-13(9-11)14(15(16)17)6-5-12-7-8-18-10-12/h2-4,7-10,14H,5-6H2,1H3,(H,16,17). The van der Waals surface area contributed by atoms with Crippen molar-refractivity contribution < 1.29 is 9.90 Å². The Kier molecular flexibility index (Phi) is 4.15. The Hall–Kier alpha value is -1.61. The van der Waals surface area contributed by atoms with Crippen LogP contribution in [0.15, 0.2) is 41.1 Å². The second-order valence-corrected chi connectivity index (χ2v) is 5.26. The Morgan fingerprint density at radius 1 is 1.39 bits per heavy atom. The van der Waals surface area contributed by atoms with Crippen LogP contribution in [-0.4, -0.2) is 11.1 Å². The molecule has 0 aliphatic rings. The van der Waals surface area contributed by atoms with Crippen LogP contribution in [0.4, 0.5) is 0 Å². The second kappa shape index (κ2) is 5.83. The van der Waals surface area contributed by atoms with E-state index in [4.69, 9.17) is 0 Å². The van der Waals surface area contributed by atoms with Crippen LogP contribution < -0.4 is 0 Å². The Balaban J connectivity index is 2.11. The van der Waals surface area contributed by atoms with Crippen LogP contribution in [0.3, 0.4) is 0 Å². The minimum atomic E-state index is -0.740. The lowest BCUT2D eigenvalue weighted by atomic mass is 9.92. The molecule has 1 atom stereocenters. The zero-order valence-electron chi connectivity index (χ0n) is 10.3. The van der Waals surface area contributed by atoms with Gasteiger partial charge in [-0.3, -0.25) is 4.79 Å². The molecule has 2 aromatic rings. The SMILES string of the molecule is Cc1cccc(C(CCc2ccsc2)C(=O)O)c1. The van der Waals surface area contributed by atoms with Crippen molar-refractivity contribution in [3.63, 3.8) is 0 Å². The number of benzene rings is 1. The highest BCUT2D eigenvalue weighted by molar-refractivity contribution is 7.07. The van der Waals surface area contributed by atoms with Crippen LogP contribution in [0.25, 0.3) is 0 Å². The van der Waals surface area contributed by atoms with Gasteiger partial charge in [0.1, 0.15) is 0 Å². The van der Waals surface area contributed by atoms with E-state index in [1.54, 1.807) is 11.3 Å². The fourth-order valence-corrected chi connectivity index (χ4v) is 2.77. The van der Waals surface area contributed by atoms with Gasteiger partial charge >= 0.3 is 5.97 Å². The minimum absolute atomic E-state index is 0.412. The first kappa shape index (κ1) is 12.8. The monoisotopic (exact) mass is 260 g/mol. The van der Waals surface area contributed by atoms with E-state index < -0.39 is 11.9 Å². The largest absolute Gasteiger partial charge is 0.481 e. The van der Waals surface area contributed by atoms with Gasteiger partial charge in [0, 0.05) is 0 Å². The molecule has 0 fully saturated rings. The molecule has 2 nitrogen and oxygen atoms in total. The third-order valence-electron chi connectivity index (χ3n) is 3.04. The second-order valence-electron chi connectivity index (χ2n) is 4.48. The first-order chi connectivity index (χ1) is 8.66. The van der Waals surface area contributed by atoms with Gasteiger partial charge in [-0.25, -0.2) is 0 Å². The molecule has 2 rings (SSSR count). The van der Waals surface area contributed by atoms with Gasteiger partial charge in [0.05, 0.1) is 5.92 Å². The number of carboxylic acid groups (broad SMARTS) is 1. The maximum Gasteiger partial charge on any atom is 0.310 e. The maximum absolute atomic E-state index is 11.4. The molecule has 1 aromatic carbocycles. The molecule has 1 N–H and O–H groups in total. The normalized spacial score (nSPS) is 12.3. The minimum Gasteiger partial charge on any atom is -0.481 e. The molecule has 0 radical (unpaired) electrons. The molecule has 1 aromatic heterocycles. The third kappa shape index (κ3) is 3.20. The topological polar surface area (TPSA) is 37.3 Å².